The molecule has 1 aromatic carbocycles. The summed E-state index contributed by atoms with van der Waals surface area (Å²) in [5.41, 5.74) is 0.763. The third-order valence-corrected chi connectivity index (χ3v) is 3.24. The maximum atomic E-state index is 13.9. The average molecular weight is 283 g/mol. The van der Waals surface area contributed by atoms with E-state index < -0.39 is 5.82 Å². The van der Waals surface area contributed by atoms with E-state index in [1.54, 1.807) is 7.05 Å². The molecule has 6 nitrogen and oxygen atoms in total. The lowest BCUT2D eigenvalue weighted by Crippen LogP contribution is -2.21. The second-order valence-electron chi connectivity index (χ2n) is 4.60. The van der Waals surface area contributed by atoms with Crippen LogP contribution in [-0.4, -0.2) is 19.3 Å². The van der Waals surface area contributed by atoms with Crippen molar-refractivity contribution in [2.24, 2.45) is 7.05 Å². The van der Waals surface area contributed by atoms with E-state index in [4.69, 9.17) is 5.26 Å². The van der Waals surface area contributed by atoms with Gasteiger partial charge >= 0.3 is 0 Å². The lowest BCUT2D eigenvalue weighted by Gasteiger charge is -2.07. The van der Waals surface area contributed by atoms with E-state index in [0.29, 0.717) is 16.6 Å². The molecule has 0 unspecified atom stereocenters. The number of aryl methyl sites for hydroxylation is 1. The zero-order chi connectivity index (χ0) is 15.0. The average Bonchev–Trinajstić information content (AvgIpc) is 2.86. The summed E-state index contributed by atoms with van der Waals surface area (Å²) in [6, 6.07) is 6.02. The van der Waals surface area contributed by atoms with Gasteiger partial charge in [0, 0.05) is 12.6 Å². The van der Waals surface area contributed by atoms with E-state index in [0.717, 1.165) is 6.07 Å². The summed E-state index contributed by atoms with van der Waals surface area (Å²) in [7, 11) is 1.69. The Morgan fingerprint density at radius 3 is 2.95 bits per heavy atom. The quantitative estimate of drug-likeness (QED) is 0.708. The number of halogens is 1. The summed E-state index contributed by atoms with van der Waals surface area (Å²) in [6.07, 6.45) is 2.81. The Labute approximate surface area is 118 Å². The van der Waals surface area contributed by atoms with Gasteiger partial charge in [-0.05, 0) is 12.1 Å². The third-order valence-electron chi connectivity index (χ3n) is 3.24. The Hall–Kier alpha value is -3.01. The van der Waals surface area contributed by atoms with E-state index in [9.17, 15) is 9.18 Å². The highest BCUT2D eigenvalue weighted by Gasteiger charge is 2.10. The minimum absolute atomic E-state index is 0.0498. The summed E-state index contributed by atoms with van der Waals surface area (Å²) in [5.74, 6) is -0.521. The molecular weight excluding hydrogens is 273 g/mol. The molecule has 104 valence electrons. The monoisotopic (exact) mass is 283 g/mol. The van der Waals surface area contributed by atoms with Crippen LogP contribution in [0, 0.1) is 17.1 Å². The summed E-state index contributed by atoms with van der Waals surface area (Å²) < 4.78 is 16.7. The van der Waals surface area contributed by atoms with Crippen LogP contribution in [0.2, 0.25) is 0 Å². The Kier molecular flexibility index (Phi) is 2.99. The fraction of sp³-hybridized carbons (Fsp3) is 0.143. The number of aromatic nitrogens is 4. The molecule has 3 rings (SSSR count). The molecule has 0 radical (unpaired) electrons. The predicted octanol–water partition coefficient (Wildman–Crippen LogP) is 1.19. The van der Waals surface area contributed by atoms with Gasteiger partial charge in [0.15, 0.2) is 5.65 Å². The number of nitriles is 1. The first-order valence-corrected chi connectivity index (χ1v) is 6.16. The van der Waals surface area contributed by atoms with Gasteiger partial charge in [0.2, 0.25) is 0 Å². The Balaban J connectivity index is 2.05. The number of hydrogen-bond acceptors (Lipinski definition) is 4. The van der Waals surface area contributed by atoms with Crippen molar-refractivity contribution in [1.82, 2.24) is 19.3 Å². The number of rotatable bonds is 2. The van der Waals surface area contributed by atoms with Crippen LogP contribution in [-0.2, 0) is 13.6 Å². The summed E-state index contributed by atoms with van der Waals surface area (Å²) in [4.78, 5) is 16.4. The van der Waals surface area contributed by atoms with Gasteiger partial charge in [0.1, 0.15) is 17.5 Å². The standard InChI is InChI=1S/C14H10FN5O/c1-19-13-11(6-18-19)14(21)20(8-17-13)7-10-3-2-9(5-16)4-12(10)15/h2-4,6,8H,7H2,1H3. The first-order chi connectivity index (χ1) is 10.1. The number of nitrogens with zero attached hydrogens (tertiary/aromatic N) is 5. The molecule has 0 saturated carbocycles. The van der Waals surface area contributed by atoms with E-state index in [2.05, 4.69) is 10.1 Å². The minimum Gasteiger partial charge on any atom is -0.294 e. The third kappa shape index (κ3) is 2.17. The smallest absolute Gasteiger partial charge is 0.264 e. The van der Waals surface area contributed by atoms with Crippen molar-refractivity contribution >= 4 is 11.0 Å². The second-order valence-corrected chi connectivity index (χ2v) is 4.60. The molecule has 3 aromatic rings. The van der Waals surface area contributed by atoms with Crippen molar-refractivity contribution in [3.05, 3.63) is 58.0 Å². The summed E-state index contributed by atoms with van der Waals surface area (Å²) >= 11 is 0. The van der Waals surface area contributed by atoms with Crippen LogP contribution >= 0.6 is 0 Å². The normalized spacial score (nSPS) is 10.7. The van der Waals surface area contributed by atoms with Gasteiger partial charge in [-0.3, -0.25) is 14.0 Å². The van der Waals surface area contributed by atoms with Crippen molar-refractivity contribution in [1.29, 1.82) is 5.26 Å². The number of fused-ring (bicyclic) bond motifs is 1. The fourth-order valence-corrected chi connectivity index (χ4v) is 2.11. The predicted molar refractivity (Wildman–Crippen MR) is 73.0 cm³/mol. The highest BCUT2D eigenvalue weighted by molar-refractivity contribution is 5.72. The van der Waals surface area contributed by atoms with Gasteiger partial charge in [0.25, 0.3) is 5.56 Å². The van der Waals surface area contributed by atoms with E-state index in [-0.39, 0.29) is 17.7 Å². The molecule has 0 atom stereocenters. The van der Waals surface area contributed by atoms with Gasteiger partial charge in [-0.1, -0.05) is 6.07 Å². The zero-order valence-electron chi connectivity index (χ0n) is 11.1. The molecule has 7 heteroatoms. The zero-order valence-corrected chi connectivity index (χ0v) is 11.1. The SMILES string of the molecule is Cn1ncc2c(=O)n(Cc3ccc(C#N)cc3F)cnc21. The summed E-state index contributed by atoms with van der Waals surface area (Å²) in [5, 5.41) is 13.1. The first kappa shape index (κ1) is 13.0. The van der Waals surface area contributed by atoms with Crippen molar-refractivity contribution in [2.75, 3.05) is 0 Å². The molecule has 0 fully saturated rings. The molecule has 0 aliphatic carbocycles. The van der Waals surface area contributed by atoms with E-state index in [1.165, 1.54) is 33.9 Å². The fourth-order valence-electron chi connectivity index (χ4n) is 2.11. The van der Waals surface area contributed by atoms with Gasteiger partial charge in [-0.15, -0.1) is 0 Å². The van der Waals surface area contributed by atoms with Crippen LogP contribution in [0.3, 0.4) is 0 Å². The number of benzene rings is 1. The Morgan fingerprint density at radius 1 is 1.43 bits per heavy atom. The molecule has 0 saturated heterocycles. The molecule has 0 N–H and O–H groups in total. The highest BCUT2D eigenvalue weighted by atomic mass is 19.1. The Bertz CT molecular complexity index is 935. The van der Waals surface area contributed by atoms with Crippen LogP contribution in [0.4, 0.5) is 4.39 Å². The van der Waals surface area contributed by atoms with Crippen LogP contribution < -0.4 is 5.56 Å². The van der Waals surface area contributed by atoms with E-state index in [1.807, 2.05) is 6.07 Å². The van der Waals surface area contributed by atoms with Crippen molar-refractivity contribution in [3.63, 3.8) is 0 Å². The largest absolute Gasteiger partial charge is 0.294 e. The molecule has 2 heterocycles. The van der Waals surface area contributed by atoms with Gasteiger partial charge in [-0.25, -0.2) is 9.37 Å². The van der Waals surface area contributed by atoms with Crippen LogP contribution in [0.25, 0.3) is 11.0 Å². The highest BCUT2D eigenvalue weighted by Crippen LogP contribution is 2.11. The molecule has 0 bridgehead atoms. The molecule has 0 aliphatic heterocycles. The molecule has 2 aromatic heterocycles. The maximum Gasteiger partial charge on any atom is 0.264 e. The summed E-state index contributed by atoms with van der Waals surface area (Å²) in [6.45, 7) is 0.0498. The topological polar surface area (TPSA) is 76.5 Å². The van der Waals surface area contributed by atoms with Gasteiger partial charge < -0.3 is 0 Å². The minimum atomic E-state index is -0.521. The molecule has 0 spiro atoms. The van der Waals surface area contributed by atoms with Gasteiger partial charge in [-0.2, -0.15) is 10.4 Å². The van der Waals surface area contributed by atoms with E-state index >= 15 is 0 Å². The lowest BCUT2D eigenvalue weighted by atomic mass is 10.1. The van der Waals surface area contributed by atoms with Crippen molar-refractivity contribution in [2.45, 2.75) is 6.54 Å². The molecular formula is C14H10FN5O. The van der Waals surface area contributed by atoms with Crippen LogP contribution in [0.1, 0.15) is 11.1 Å². The maximum absolute atomic E-state index is 13.9. The van der Waals surface area contributed by atoms with Gasteiger partial charge in [0.05, 0.1) is 24.4 Å². The molecule has 21 heavy (non-hydrogen) atoms. The van der Waals surface area contributed by atoms with Crippen molar-refractivity contribution in [3.8, 4) is 6.07 Å². The van der Waals surface area contributed by atoms with Crippen LogP contribution in [0.15, 0.2) is 35.5 Å². The van der Waals surface area contributed by atoms with Crippen molar-refractivity contribution < 1.29 is 4.39 Å². The molecule has 0 amide bonds. The molecule has 0 aliphatic rings. The van der Waals surface area contributed by atoms with Crippen LogP contribution in [0.5, 0.6) is 0 Å². The number of hydrogen-bond donors (Lipinski definition) is 0. The lowest BCUT2D eigenvalue weighted by molar-refractivity contribution is 0.594. The Morgan fingerprint density at radius 2 is 2.24 bits per heavy atom. The second kappa shape index (κ2) is 4.83. The first-order valence-electron chi connectivity index (χ1n) is 6.16.